The van der Waals surface area contributed by atoms with E-state index in [-0.39, 0.29) is 5.69 Å². The van der Waals surface area contributed by atoms with E-state index < -0.39 is 4.92 Å². The predicted octanol–water partition coefficient (Wildman–Crippen LogP) is 4.63. The summed E-state index contributed by atoms with van der Waals surface area (Å²) in [4.78, 5) is 10.2. The zero-order valence-corrected chi connectivity index (χ0v) is 13.1. The number of anilines is 1. The van der Waals surface area contributed by atoms with Gasteiger partial charge in [-0.15, -0.1) is 0 Å². The van der Waals surface area contributed by atoms with Crippen molar-refractivity contribution < 1.29 is 9.34 Å². The van der Waals surface area contributed by atoms with Crippen LogP contribution in [0.4, 0.5) is 11.4 Å². The fourth-order valence-electron chi connectivity index (χ4n) is 1.62. The quantitative estimate of drug-likeness (QED) is 0.611. The van der Waals surface area contributed by atoms with Crippen LogP contribution in [0.25, 0.3) is 0 Å². The molecule has 0 aliphatic rings. The van der Waals surface area contributed by atoms with Crippen molar-refractivity contribution in [2.75, 3.05) is 5.32 Å². The van der Waals surface area contributed by atoms with Gasteiger partial charge in [0.2, 0.25) is 0 Å². The van der Waals surface area contributed by atoms with Crippen molar-refractivity contribution in [2.45, 2.75) is 13.5 Å². The number of nitro groups is 1. The van der Waals surface area contributed by atoms with Gasteiger partial charge < -0.3 is 9.73 Å². The van der Waals surface area contributed by atoms with Gasteiger partial charge in [-0.1, -0.05) is 0 Å². The molecule has 1 heterocycles. The second-order valence-electron chi connectivity index (χ2n) is 3.94. The Morgan fingerprint density at radius 1 is 1.37 bits per heavy atom. The van der Waals surface area contributed by atoms with Gasteiger partial charge >= 0.3 is 0 Å². The molecule has 0 amide bonds. The lowest BCUT2D eigenvalue weighted by atomic mass is 10.2. The van der Waals surface area contributed by atoms with Gasteiger partial charge in [-0.25, -0.2) is 0 Å². The Balaban J connectivity index is 2.09. The molecule has 0 saturated heterocycles. The summed E-state index contributed by atoms with van der Waals surface area (Å²) in [7, 11) is 0. The maximum atomic E-state index is 10.6. The van der Waals surface area contributed by atoms with Gasteiger partial charge in [-0.3, -0.25) is 10.1 Å². The zero-order valence-electron chi connectivity index (χ0n) is 9.94. The second kappa shape index (κ2) is 5.75. The number of nitrogens with zero attached hydrogens (tertiary/aromatic N) is 1. The first kappa shape index (κ1) is 14.1. The van der Waals surface area contributed by atoms with Gasteiger partial charge in [0.1, 0.15) is 5.76 Å². The molecule has 7 heteroatoms. The Hall–Kier alpha value is -1.34. The lowest BCUT2D eigenvalue weighted by Gasteiger charge is -2.07. The summed E-state index contributed by atoms with van der Waals surface area (Å²) in [6, 6.07) is 6.57. The molecule has 0 saturated carbocycles. The van der Waals surface area contributed by atoms with Crippen LogP contribution in [0.15, 0.2) is 37.8 Å². The zero-order chi connectivity index (χ0) is 14.0. The fraction of sp³-hybridized carbons (Fsp3) is 0.167. The summed E-state index contributed by atoms with van der Waals surface area (Å²) in [6.07, 6.45) is 0. The molecular formula is C12H10Br2N2O3. The highest BCUT2D eigenvalue weighted by atomic mass is 79.9. The van der Waals surface area contributed by atoms with Crippen LogP contribution in [0.2, 0.25) is 0 Å². The maximum Gasteiger partial charge on any atom is 0.269 e. The minimum Gasteiger partial charge on any atom is -0.451 e. The van der Waals surface area contributed by atoms with Crippen molar-refractivity contribution in [3.63, 3.8) is 0 Å². The SMILES string of the molecule is Cc1cc([N+](=O)[O-])ccc1NCc1cc(Br)c(Br)o1. The van der Waals surface area contributed by atoms with Crippen LogP contribution < -0.4 is 5.32 Å². The third-order valence-corrected chi connectivity index (χ3v) is 4.28. The van der Waals surface area contributed by atoms with Gasteiger partial charge in [-0.2, -0.15) is 0 Å². The molecular weight excluding hydrogens is 380 g/mol. The predicted molar refractivity (Wildman–Crippen MR) is 79.3 cm³/mol. The van der Waals surface area contributed by atoms with E-state index in [9.17, 15) is 10.1 Å². The first-order valence-electron chi connectivity index (χ1n) is 5.40. The van der Waals surface area contributed by atoms with Crippen molar-refractivity contribution in [1.82, 2.24) is 0 Å². The van der Waals surface area contributed by atoms with E-state index >= 15 is 0 Å². The van der Waals surface area contributed by atoms with E-state index in [1.54, 1.807) is 6.07 Å². The van der Waals surface area contributed by atoms with Crippen molar-refractivity contribution in [1.29, 1.82) is 0 Å². The average molecular weight is 390 g/mol. The van der Waals surface area contributed by atoms with E-state index in [1.165, 1.54) is 12.1 Å². The van der Waals surface area contributed by atoms with Crippen LogP contribution in [0.5, 0.6) is 0 Å². The Morgan fingerprint density at radius 2 is 2.11 bits per heavy atom. The molecule has 100 valence electrons. The number of rotatable bonds is 4. The molecule has 0 fully saturated rings. The number of benzene rings is 1. The molecule has 0 radical (unpaired) electrons. The third kappa shape index (κ3) is 3.36. The van der Waals surface area contributed by atoms with E-state index in [2.05, 4.69) is 37.2 Å². The summed E-state index contributed by atoms with van der Waals surface area (Å²) >= 11 is 6.60. The van der Waals surface area contributed by atoms with Gasteiger partial charge in [0.15, 0.2) is 4.67 Å². The van der Waals surface area contributed by atoms with Crippen molar-refractivity contribution in [3.8, 4) is 0 Å². The van der Waals surface area contributed by atoms with Crippen LogP contribution in [-0.4, -0.2) is 4.92 Å². The van der Waals surface area contributed by atoms with E-state index in [0.29, 0.717) is 11.2 Å². The molecule has 5 nitrogen and oxygen atoms in total. The summed E-state index contributed by atoms with van der Waals surface area (Å²) in [5.74, 6) is 0.761. The number of hydrogen-bond acceptors (Lipinski definition) is 4. The van der Waals surface area contributed by atoms with Gasteiger partial charge in [0.25, 0.3) is 5.69 Å². The monoisotopic (exact) mass is 388 g/mol. The Bertz CT molecular complexity index is 606. The lowest BCUT2D eigenvalue weighted by Crippen LogP contribution is -2.00. The molecule has 1 aromatic carbocycles. The Labute approximate surface area is 126 Å². The summed E-state index contributed by atoms with van der Waals surface area (Å²) in [5.41, 5.74) is 1.75. The number of halogens is 2. The van der Waals surface area contributed by atoms with E-state index in [1.807, 2.05) is 13.0 Å². The normalized spacial score (nSPS) is 10.5. The Morgan fingerprint density at radius 3 is 2.63 bits per heavy atom. The summed E-state index contributed by atoms with van der Waals surface area (Å²) in [6.45, 7) is 2.33. The molecule has 1 aromatic heterocycles. The first-order chi connectivity index (χ1) is 8.97. The van der Waals surface area contributed by atoms with Crippen LogP contribution in [0, 0.1) is 17.0 Å². The smallest absolute Gasteiger partial charge is 0.269 e. The maximum absolute atomic E-state index is 10.6. The molecule has 2 aromatic rings. The lowest BCUT2D eigenvalue weighted by molar-refractivity contribution is -0.384. The molecule has 1 N–H and O–H groups in total. The highest BCUT2D eigenvalue weighted by Gasteiger charge is 2.09. The second-order valence-corrected chi connectivity index (χ2v) is 5.52. The molecule has 0 aliphatic heterocycles. The topological polar surface area (TPSA) is 68.3 Å². The largest absolute Gasteiger partial charge is 0.451 e. The van der Waals surface area contributed by atoms with E-state index in [0.717, 1.165) is 21.5 Å². The minimum atomic E-state index is -0.405. The number of non-ortho nitro benzene ring substituents is 1. The van der Waals surface area contributed by atoms with Crippen LogP contribution in [-0.2, 0) is 6.54 Å². The fourth-order valence-corrected chi connectivity index (χ4v) is 2.28. The number of furan rings is 1. The molecule has 0 spiro atoms. The standard InChI is InChI=1S/C12H10Br2N2O3/c1-7-4-8(16(17)18)2-3-11(7)15-6-9-5-10(13)12(14)19-9/h2-5,15H,6H2,1H3. The minimum absolute atomic E-state index is 0.0894. The Kier molecular flexibility index (Phi) is 4.26. The highest BCUT2D eigenvalue weighted by molar-refractivity contribution is 9.13. The van der Waals surface area contributed by atoms with Crippen molar-refractivity contribution in [2.24, 2.45) is 0 Å². The summed E-state index contributed by atoms with van der Waals surface area (Å²) in [5, 5.41) is 13.8. The van der Waals surface area contributed by atoms with Crippen LogP contribution in [0.3, 0.4) is 0 Å². The molecule has 0 bridgehead atoms. The number of aryl methyl sites for hydroxylation is 1. The number of nitrogens with one attached hydrogen (secondary N) is 1. The number of hydrogen-bond donors (Lipinski definition) is 1. The summed E-state index contributed by atoms with van der Waals surface area (Å²) < 4.78 is 6.93. The molecule has 0 unspecified atom stereocenters. The molecule has 0 atom stereocenters. The molecule has 2 rings (SSSR count). The average Bonchev–Trinajstić information content (AvgIpc) is 2.67. The molecule has 0 aliphatic carbocycles. The van der Waals surface area contributed by atoms with E-state index in [4.69, 9.17) is 4.42 Å². The van der Waals surface area contributed by atoms with Gasteiger partial charge in [0, 0.05) is 17.8 Å². The van der Waals surface area contributed by atoms with Crippen LogP contribution >= 0.6 is 31.9 Å². The van der Waals surface area contributed by atoms with Crippen molar-refractivity contribution >= 4 is 43.2 Å². The first-order valence-corrected chi connectivity index (χ1v) is 6.98. The molecule has 19 heavy (non-hydrogen) atoms. The number of nitro benzene ring substituents is 1. The van der Waals surface area contributed by atoms with Crippen LogP contribution in [0.1, 0.15) is 11.3 Å². The van der Waals surface area contributed by atoms with Crippen molar-refractivity contribution in [3.05, 3.63) is 54.8 Å². The third-order valence-electron chi connectivity index (χ3n) is 2.57. The van der Waals surface area contributed by atoms with Gasteiger partial charge in [0.05, 0.1) is 15.9 Å². The highest BCUT2D eigenvalue weighted by Crippen LogP contribution is 2.28. The van der Waals surface area contributed by atoms with Gasteiger partial charge in [-0.05, 0) is 56.5 Å².